The Bertz CT molecular complexity index is 315. The molecule has 12 heavy (non-hydrogen) atoms. The maximum atomic E-state index is 10.5. The maximum Gasteiger partial charge on any atom is 0.291 e. The normalized spacial score (nSPS) is 8.50. The third-order valence-corrected chi connectivity index (χ3v) is 1.83. The van der Waals surface area contributed by atoms with E-state index in [1.807, 2.05) is 0 Å². The second-order valence-corrected chi connectivity index (χ2v) is 3.41. The van der Waals surface area contributed by atoms with E-state index in [2.05, 4.69) is 0 Å². The van der Waals surface area contributed by atoms with E-state index in [9.17, 15) is 4.79 Å². The van der Waals surface area contributed by atoms with Crippen LogP contribution in [0.15, 0.2) is 10.9 Å². The van der Waals surface area contributed by atoms with Crippen LogP contribution in [0.5, 0.6) is 0 Å². The van der Waals surface area contributed by atoms with Crippen molar-refractivity contribution in [1.82, 2.24) is 3.96 Å². The van der Waals surface area contributed by atoms with Gasteiger partial charge in [0.15, 0.2) is 0 Å². The highest BCUT2D eigenvalue weighted by molar-refractivity contribution is 7.11. The fraction of sp³-hybridized carbons (Fsp3) is 0.250. The van der Waals surface area contributed by atoms with E-state index in [1.54, 1.807) is 7.05 Å². The van der Waals surface area contributed by atoms with Crippen molar-refractivity contribution in [2.45, 2.75) is 0 Å². The van der Waals surface area contributed by atoms with Gasteiger partial charge in [-0.3, -0.25) is 8.75 Å². The van der Waals surface area contributed by atoms with E-state index in [0.717, 1.165) is 0 Å². The van der Waals surface area contributed by atoms with Gasteiger partial charge in [0.05, 0.1) is 0 Å². The number of aryl methyl sites for hydroxylation is 1. The molecule has 0 fully saturated rings. The minimum absolute atomic E-state index is 0.0417. The molecular weight excluding hydrogens is 208 g/mol. The van der Waals surface area contributed by atoms with Crippen molar-refractivity contribution < 1.29 is 10.3 Å². The molecule has 1 N–H and O–H groups in total. The van der Waals surface area contributed by atoms with Crippen LogP contribution in [0.3, 0.4) is 0 Å². The molecule has 0 aliphatic carbocycles. The zero-order valence-electron chi connectivity index (χ0n) is 5.93. The van der Waals surface area contributed by atoms with Crippen LogP contribution in [0.4, 0.5) is 0 Å². The van der Waals surface area contributed by atoms with Crippen molar-refractivity contribution in [3.63, 3.8) is 0 Å². The molecule has 68 valence electrons. The maximum absolute atomic E-state index is 10.5. The van der Waals surface area contributed by atoms with Gasteiger partial charge in [0.25, 0.3) is 10.6 Å². The molecule has 1 heterocycles. The highest BCUT2D eigenvalue weighted by Gasteiger charge is 1.93. The Morgan fingerprint density at radius 3 is 2.33 bits per heavy atom. The second kappa shape index (κ2) is 4.73. The fourth-order valence-electron chi connectivity index (χ4n) is 0.390. The molecule has 0 aromatic carbocycles. The van der Waals surface area contributed by atoms with Gasteiger partial charge in [-0.1, -0.05) is 11.6 Å². The van der Waals surface area contributed by atoms with Gasteiger partial charge in [0, 0.05) is 13.1 Å². The molecule has 0 saturated heterocycles. The van der Waals surface area contributed by atoms with Crippen LogP contribution in [0.2, 0.25) is 4.34 Å². The molecule has 8 heteroatoms. The number of halogens is 1. The second-order valence-electron chi connectivity index (χ2n) is 1.61. The standard InChI is InChI=1S/C4H4ClNOS.HNO3/c1-6-4(7)2-3(5)8-6;2-1(3)4/h2H,1H3;(H,2,3,4). The number of rotatable bonds is 0. The summed E-state index contributed by atoms with van der Waals surface area (Å²) in [6, 6.07) is 1.40. The molecule has 6 nitrogen and oxygen atoms in total. The monoisotopic (exact) mass is 212 g/mol. The average Bonchev–Trinajstić information content (AvgIpc) is 2.08. The lowest BCUT2D eigenvalue weighted by atomic mass is 10.7. The molecule has 0 bridgehead atoms. The summed E-state index contributed by atoms with van der Waals surface area (Å²) in [6.07, 6.45) is 0. The fourth-order valence-corrected chi connectivity index (χ4v) is 1.35. The van der Waals surface area contributed by atoms with Gasteiger partial charge in [0.2, 0.25) is 0 Å². The van der Waals surface area contributed by atoms with Crippen LogP contribution in [0, 0.1) is 10.1 Å². The highest BCUT2D eigenvalue weighted by Crippen LogP contribution is 2.09. The molecule has 1 aromatic heterocycles. The van der Waals surface area contributed by atoms with Gasteiger partial charge < -0.3 is 5.21 Å². The number of hydrogen-bond donors (Lipinski definition) is 1. The summed E-state index contributed by atoms with van der Waals surface area (Å²) in [5.41, 5.74) is -0.0417. The van der Waals surface area contributed by atoms with Gasteiger partial charge in [-0.25, -0.2) is 0 Å². The molecule has 0 unspecified atom stereocenters. The smallest absolute Gasteiger partial charge is 0.291 e. The minimum atomic E-state index is -1.50. The Labute approximate surface area is 75.9 Å². The first-order valence-electron chi connectivity index (χ1n) is 2.59. The first-order valence-corrected chi connectivity index (χ1v) is 3.74. The highest BCUT2D eigenvalue weighted by atomic mass is 35.5. The Morgan fingerprint density at radius 1 is 1.83 bits per heavy atom. The molecule has 0 atom stereocenters. The average molecular weight is 213 g/mol. The van der Waals surface area contributed by atoms with E-state index < -0.39 is 5.09 Å². The van der Waals surface area contributed by atoms with Crippen LogP contribution in [0.25, 0.3) is 0 Å². The first kappa shape index (κ1) is 10.9. The summed E-state index contributed by atoms with van der Waals surface area (Å²) in [7, 11) is 1.68. The molecule has 0 aliphatic rings. The summed E-state index contributed by atoms with van der Waals surface area (Å²) in [5, 5.41) is 13.6. The molecule has 0 saturated carbocycles. The predicted octanol–water partition coefficient (Wildman–Crippen LogP) is 0.752. The predicted molar refractivity (Wildman–Crippen MR) is 43.4 cm³/mol. The van der Waals surface area contributed by atoms with Gasteiger partial charge in [-0.05, 0) is 11.5 Å². The van der Waals surface area contributed by atoms with Crippen molar-refractivity contribution in [3.8, 4) is 0 Å². The summed E-state index contributed by atoms with van der Waals surface area (Å²) in [5.74, 6) is 0. The Balaban J connectivity index is 0.000000261. The van der Waals surface area contributed by atoms with Crippen molar-refractivity contribution in [1.29, 1.82) is 0 Å². The Morgan fingerprint density at radius 2 is 2.25 bits per heavy atom. The first-order chi connectivity index (χ1) is 5.43. The lowest BCUT2D eigenvalue weighted by Gasteiger charge is -1.77. The van der Waals surface area contributed by atoms with Crippen LogP contribution in [0.1, 0.15) is 0 Å². The minimum Gasteiger partial charge on any atom is -0.328 e. The molecule has 0 radical (unpaired) electrons. The largest absolute Gasteiger partial charge is 0.328 e. The summed E-state index contributed by atoms with van der Waals surface area (Å²) < 4.78 is 2.01. The zero-order chi connectivity index (χ0) is 9.72. The summed E-state index contributed by atoms with van der Waals surface area (Å²) in [6.45, 7) is 0. The van der Waals surface area contributed by atoms with Crippen molar-refractivity contribution in [2.24, 2.45) is 7.05 Å². The van der Waals surface area contributed by atoms with E-state index in [-0.39, 0.29) is 5.56 Å². The third kappa shape index (κ3) is 4.69. The van der Waals surface area contributed by atoms with Crippen molar-refractivity contribution in [3.05, 3.63) is 30.9 Å². The van der Waals surface area contributed by atoms with Crippen LogP contribution >= 0.6 is 23.1 Å². The van der Waals surface area contributed by atoms with Gasteiger partial charge in [-0.2, -0.15) is 0 Å². The Hall–Kier alpha value is -1.08. The Kier molecular flexibility index (Phi) is 4.30. The number of nitrogens with zero attached hydrogens (tertiary/aromatic N) is 2. The SMILES string of the molecule is Cn1sc(Cl)cc1=O.O=[N+]([O-])O. The molecular formula is C4H5ClN2O4S. The molecule has 0 aliphatic heterocycles. The van der Waals surface area contributed by atoms with Crippen molar-refractivity contribution in [2.75, 3.05) is 0 Å². The van der Waals surface area contributed by atoms with E-state index >= 15 is 0 Å². The summed E-state index contributed by atoms with van der Waals surface area (Å²) in [4.78, 5) is 18.9. The van der Waals surface area contributed by atoms with Crippen molar-refractivity contribution >= 4 is 23.1 Å². The van der Waals surface area contributed by atoms with Crippen LogP contribution in [-0.2, 0) is 7.05 Å². The van der Waals surface area contributed by atoms with Crippen LogP contribution in [-0.4, -0.2) is 14.3 Å². The quantitative estimate of drug-likeness (QED) is 0.508. The lowest BCUT2D eigenvalue weighted by Crippen LogP contribution is -2.05. The number of aromatic nitrogens is 1. The summed E-state index contributed by atoms with van der Waals surface area (Å²) >= 11 is 6.70. The number of hydrogen-bond acceptors (Lipinski definition) is 4. The molecule has 0 amide bonds. The molecule has 0 spiro atoms. The van der Waals surface area contributed by atoms with Gasteiger partial charge in [0.1, 0.15) is 4.34 Å². The molecule has 1 aromatic rings. The van der Waals surface area contributed by atoms with Gasteiger partial charge >= 0.3 is 0 Å². The molecule has 1 rings (SSSR count). The van der Waals surface area contributed by atoms with Gasteiger partial charge in [-0.15, -0.1) is 10.1 Å². The lowest BCUT2D eigenvalue weighted by molar-refractivity contribution is -0.742. The third-order valence-electron chi connectivity index (χ3n) is 0.771. The zero-order valence-corrected chi connectivity index (χ0v) is 7.50. The van der Waals surface area contributed by atoms with E-state index in [0.29, 0.717) is 4.34 Å². The van der Waals surface area contributed by atoms with E-state index in [4.69, 9.17) is 26.9 Å². The van der Waals surface area contributed by atoms with Crippen LogP contribution < -0.4 is 5.56 Å². The van der Waals surface area contributed by atoms with E-state index in [1.165, 1.54) is 21.6 Å². The topological polar surface area (TPSA) is 85.4 Å².